The summed E-state index contributed by atoms with van der Waals surface area (Å²) in [5.41, 5.74) is 0. The summed E-state index contributed by atoms with van der Waals surface area (Å²) < 4.78 is 25.2. The fourth-order valence-electron chi connectivity index (χ4n) is 1.09. The van der Waals surface area contributed by atoms with Crippen molar-refractivity contribution >= 4 is 21.4 Å². The summed E-state index contributed by atoms with van der Waals surface area (Å²) in [6.45, 7) is 2.22. The molecule has 6 heteroatoms. The summed E-state index contributed by atoms with van der Waals surface area (Å²) in [6.07, 6.45) is 0.277. The van der Waals surface area contributed by atoms with E-state index in [4.69, 9.17) is 5.11 Å². The monoisotopic (exact) mass is 249 g/mol. The molecule has 0 saturated heterocycles. The molecular formula is C9H15NO3S2. The van der Waals surface area contributed by atoms with Crippen molar-refractivity contribution in [1.82, 2.24) is 4.72 Å². The van der Waals surface area contributed by atoms with Crippen molar-refractivity contribution in [3.05, 3.63) is 21.9 Å². The third kappa shape index (κ3) is 4.74. The van der Waals surface area contributed by atoms with Crippen LogP contribution in [0.3, 0.4) is 0 Å². The molecule has 4 nitrogen and oxygen atoms in total. The lowest BCUT2D eigenvalue weighted by Gasteiger charge is -2.03. The highest BCUT2D eigenvalue weighted by molar-refractivity contribution is 7.89. The summed E-state index contributed by atoms with van der Waals surface area (Å²) in [7, 11) is -3.24. The van der Waals surface area contributed by atoms with Crippen LogP contribution in [0.1, 0.15) is 16.2 Å². The molecule has 0 aliphatic carbocycles. The number of hydrogen-bond acceptors (Lipinski definition) is 4. The lowest BCUT2D eigenvalue weighted by molar-refractivity contribution is 0.295. The summed E-state index contributed by atoms with van der Waals surface area (Å²) >= 11 is 1.58. The van der Waals surface area contributed by atoms with Gasteiger partial charge in [-0.25, -0.2) is 13.1 Å². The predicted octanol–water partition coefficient (Wildman–Crippen LogP) is 0.858. The fourth-order valence-corrected chi connectivity index (χ4v) is 3.04. The van der Waals surface area contributed by atoms with Crippen LogP contribution in [0, 0.1) is 6.92 Å². The average molecular weight is 249 g/mol. The van der Waals surface area contributed by atoms with E-state index in [0.717, 1.165) is 4.88 Å². The Balaban J connectivity index is 2.42. The van der Waals surface area contributed by atoms with Crippen molar-refractivity contribution in [1.29, 1.82) is 0 Å². The van der Waals surface area contributed by atoms with Crippen molar-refractivity contribution in [3.63, 3.8) is 0 Å². The number of aryl methyl sites for hydroxylation is 1. The molecule has 1 heterocycles. The molecule has 0 aliphatic rings. The number of hydrogen-bond donors (Lipinski definition) is 2. The minimum atomic E-state index is -3.24. The van der Waals surface area contributed by atoms with Gasteiger partial charge in [0.15, 0.2) is 0 Å². The van der Waals surface area contributed by atoms with Crippen LogP contribution in [0.2, 0.25) is 0 Å². The van der Waals surface area contributed by atoms with Crippen LogP contribution in [0.25, 0.3) is 0 Å². The Kier molecular flexibility index (Phi) is 4.72. The molecule has 1 aromatic heterocycles. The number of rotatable bonds is 6. The second kappa shape index (κ2) is 5.60. The van der Waals surface area contributed by atoms with Crippen molar-refractivity contribution < 1.29 is 13.5 Å². The number of thiophene rings is 1. The minimum Gasteiger partial charge on any atom is -0.396 e. The average Bonchev–Trinajstić information content (AvgIpc) is 2.59. The standard InChI is InChI=1S/C9H15NO3S2/c1-8-3-4-9(14-8)7-10-15(12,13)6-2-5-11/h3-4,10-11H,2,5-7H2,1H3. The topological polar surface area (TPSA) is 66.4 Å². The summed E-state index contributed by atoms with van der Waals surface area (Å²) in [5.74, 6) is -0.0200. The van der Waals surface area contributed by atoms with E-state index in [2.05, 4.69) is 4.72 Å². The van der Waals surface area contributed by atoms with Crippen LogP contribution in [0.5, 0.6) is 0 Å². The lowest BCUT2D eigenvalue weighted by atomic mass is 10.4. The lowest BCUT2D eigenvalue weighted by Crippen LogP contribution is -2.25. The highest BCUT2D eigenvalue weighted by atomic mass is 32.2. The Bertz CT molecular complexity index is 397. The van der Waals surface area contributed by atoms with Crippen molar-refractivity contribution in [3.8, 4) is 0 Å². The van der Waals surface area contributed by atoms with Gasteiger partial charge >= 0.3 is 0 Å². The van der Waals surface area contributed by atoms with E-state index in [9.17, 15) is 8.42 Å². The predicted molar refractivity (Wildman–Crippen MR) is 61.4 cm³/mol. The first-order valence-electron chi connectivity index (χ1n) is 4.67. The number of sulfonamides is 1. The van der Waals surface area contributed by atoms with Crippen LogP contribution >= 0.6 is 11.3 Å². The Morgan fingerprint density at radius 1 is 1.47 bits per heavy atom. The summed E-state index contributed by atoms with van der Waals surface area (Å²) in [4.78, 5) is 2.17. The van der Waals surface area contributed by atoms with Gasteiger partial charge in [0.05, 0.1) is 5.75 Å². The molecule has 0 atom stereocenters. The van der Waals surface area contributed by atoms with Gasteiger partial charge in [-0.05, 0) is 25.5 Å². The maximum absolute atomic E-state index is 11.4. The molecule has 15 heavy (non-hydrogen) atoms. The van der Waals surface area contributed by atoms with E-state index in [0.29, 0.717) is 6.54 Å². The molecule has 0 aliphatic heterocycles. The van der Waals surface area contributed by atoms with Crippen LogP contribution in [0.4, 0.5) is 0 Å². The van der Waals surface area contributed by atoms with Crippen LogP contribution in [-0.4, -0.2) is 25.9 Å². The molecule has 0 saturated carbocycles. The Morgan fingerprint density at radius 2 is 2.20 bits per heavy atom. The Morgan fingerprint density at radius 3 is 2.73 bits per heavy atom. The molecular weight excluding hydrogens is 234 g/mol. The third-order valence-electron chi connectivity index (χ3n) is 1.83. The molecule has 0 aromatic carbocycles. The zero-order valence-electron chi connectivity index (χ0n) is 8.56. The molecule has 1 rings (SSSR count). The number of nitrogens with one attached hydrogen (secondary N) is 1. The van der Waals surface area contributed by atoms with Crippen LogP contribution in [0.15, 0.2) is 12.1 Å². The molecule has 0 amide bonds. The SMILES string of the molecule is Cc1ccc(CNS(=O)(=O)CCCO)s1. The van der Waals surface area contributed by atoms with Gasteiger partial charge in [0.2, 0.25) is 10.0 Å². The normalized spacial score (nSPS) is 11.9. The molecule has 2 N–H and O–H groups in total. The van der Waals surface area contributed by atoms with Gasteiger partial charge in [-0.3, -0.25) is 0 Å². The molecule has 0 spiro atoms. The zero-order valence-corrected chi connectivity index (χ0v) is 10.2. The van der Waals surface area contributed by atoms with E-state index < -0.39 is 10.0 Å². The molecule has 0 fully saturated rings. The van der Waals surface area contributed by atoms with Gasteiger partial charge in [-0.1, -0.05) is 0 Å². The van der Waals surface area contributed by atoms with Gasteiger partial charge in [0.25, 0.3) is 0 Å². The zero-order chi connectivity index (χ0) is 11.3. The smallest absolute Gasteiger partial charge is 0.212 e. The minimum absolute atomic E-state index is 0.0200. The van der Waals surface area contributed by atoms with Gasteiger partial charge in [-0.2, -0.15) is 0 Å². The second-order valence-electron chi connectivity index (χ2n) is 3.23. The number of aliphatic hydroxyl groups is 1. The quantitative estimate of drug-likeness (QED) is 0.786. The number of aliphatic hydroxyl groups excluding tert-OH is 1. The Hall–Kier alpha value is -0.430. The van der Waals surface area contributed by atoms with E-state index in [1.54, 1.807) is 11.3 Å². The molecule has 0 bridgehead atoms. The van der Waals surface area contributed by atoms with Gasteiger partial charge in [-0.15, -0.1) is 11.3 Å². The molecule has 86 valence electrons. The Labute approximate surface area is 94.0 Å². The van der Waals surface area contributed by atoms with Crippen LogP contribution in [-0.2, 0) is 16.6 Å². The van der Waals surface area contributed by atoms with Gasteiger partial charge in [0.1, 0.15) is 0 Å². The molecule has 1 aromatic rings. The first kappa shape index (κ1) is 12.6. The van der Waals surface area contributed by atoms with Gasteiger partial charge < -0.3 is 5.11 Å². The van der Waals surface area contributed by atoms with Crippen molar-refractivity contribution in [2.75, 3.05) is 12.4 Å². The first-order chi connectivity index (χ1) is 7.03. The fraction of sp³-hybridized carbons (Fsp3) is 0.556. The highest BCUT2D eigenvalue weighted by Crippen LogP contribution is 2.14. The highest BCUT2D eigenvalue weighted by Gasteiger charge is 2.09. The molecule has 0 unspecified atom stereocenters. The van der Waals surface area contributed by atoms with Crippen molar-refractivity contribution in [2.24, 2.45) is 0 Å². The maximum atomic E-state index is 11.4. The van der Waals surface area contributed by atoms with E-state index >= 15 is 0 Å². The van der Waals surface area contributed by atoms with E-state index in [1.165, 1.54) is 4.88 Å². The second-order valence-corrected chi connectivity index (χ2v) is 6.53. The largest absolute Gasteiger partial charge is 0.396 e. The summed E-state index contributed by atoms with van der Waals surface area (Å²) in [5, 5.41) is 8.53. The van der Waals surface area contributed by atoms with E-state index in [1.807, 2.05) is 19.1 Å². The van der Waals surface area contributed by atoms with Gasteiger partial charge in [0, 0.05) is 22.9 Å². The maximum Gasteiger partial charge on any atom is 0.212 e. The van der Waals surface area contributed by atoms with Crippen LogP contribution < -0.4 is 4.72 Å². The summed E-state index contributed by atoms with van der Waals surface area (Å²) in [6, 6.07) is 3.87. The molecule has 0 radical (unpaired) electrons. The first-order valence-corrected chi connectivity index (χ1v) is 7.14. The third-order valence-corrected chi connectivity index (χ3v) is 4.24. The van der Waals surface area contributed by atoms with E-state index in [-0.39, 0.29) is 18.8 Å². The van der Waals surface area contributed by atoms with Crippen molar-refractivity contribution in [2.45, 2.75) is 19.9 Å².